The van der Waals surface area contributed by atoms with Crippen LogP contribution in [0.5, 0.6) is 5.75 Å². The summed E-state index contributed by atoms with van der Waals surface area (Å²) in [4.78, 5) is 11.4. The molecule has 0 saturated heterocycles. The molecule has 0 aliphatic rings. The van der Waals surface area contributed by atoms with Gasteiger partial charge in [-0.3, -0.25) is 4.79 Å². The molecule has 112 valence electrons. The Labute approximate surface area is 117 Å². The fourth-order valence-corrected chi connectivity index (χ4v) is 1.57. The molecule has 1 aromatic rings. The van der Waals surface area contributed by atoms with E-state index in [9.17, 15) is 13.6 Å². The number of hydrogen-bond donors (Lipinski definition) is 2. The van der Waals surface area contributed by atoms with E-state index in [-0.39, 0.29) is 0 Å². The summed E-state index contributed by atoms with van der Waals surface area (Å²) in [6.07, 6.45) is 0.378. The Morgan fingerprint density at radius 1 is 1.35 bits per heavy atom. The van der Waals surface area contributed by atoms with Crippen molar-refractivity contribution in [3.05, 3.63) is 29.3 Å². The van der Waals surface area contributed by atoms with E-state index in [1.165, 1.54) is 0 Å². The summed E-state index contributed by atoms with van der Waals surface area (Å²) in [5, 5.41) is 2.60. The molecule has 0 aliphatic heterocycles. The number of benzene rings is 1. The van der Waals surface area contributed by atoms with Gasteiger partial charge < -0.3 is 15.8 Å². The summed E-state index contributed by atoms with van der Waals surface area (Å²) in [6, 6.07) is 2.33. The molecule has 0 aromatic heterocycles. The van der Waals surface area contributed by atoms with E-state index >= 15 is 0 Å². The number of rotatable bonds is 7. The van der Waals surface area contributed by atoms with E-state index in [4.69, 9.17) is 10.5 Å². The first-order chi connectivity index (χ1) is 9.43. The molecule has 0 saturated carbocycles. The smallest absolute Gasteiger partial charge is 0.257 e. The van der Waals surface area contributed by atoms with E-state index < -0.39 is 29.9 Å². The first-order valence-corrected chi connectivity index (χ1v) is 6.51. The second kappa shape index (κ2) is 7.79. The SMILES string of the molecule is CC(C)CNC(=O)COc1c(F)cc(CCN)cc1F. The lowest BCUT2D eigenvalue weighted by molar-refractivity contribution is -0.123. The van der Waals surface area contributed by atoms with Crippen molar-refractivity contribution in [1.82, 2.24) is 5.32 Å². The van der Waals surface area contributed by atoms with E-state index in [1.54, 1.807) is 0 Å². The number of amides is 1. The minimum absolute atomic E-state index is 0.294. The van der Waals surface area contributed by atoms with Crippen LogP contribution in [0.15, 0.2) is 12.1 Å². The van der Waals surface area contributed by atoms with Gasteiger partial charge in [0.1, 0.15) is 0 Å². The molecule has 20 heavy (non-hydrogen) atoms. The number of halogens is 2. The molecule has 0 atom stereocenters. The zero-order chi connectivity index (χ0) is 15.1. The third-order valence-electron chi connectivity index (χ3n) is 2.55. The van der Waals surface area contributed by atoms with Crippen LogP contribution in [0.3, 0.4) is 0 Å². The van der Waals surface area contributed by atoms with Crippen molar-refractivity contribution in [1.29, 1.82) is 0 Å². The molecule has 0 unspecified atom stereocenters. The summed E-state index contributed by atoms with van der Waals surface area (Å²) in [5.41, 5.74) is 5.78. The van der Waals surface area contributed by atoms with Crippen LogP contribution in [0.4, 0.5) is 8.78 Å². The summed E-state index contributed by atoms with van der Waals surface area (Å²) >= 11 is 0. The van der Waals surface area contributed by atoms with E-state index in [0.29, 0.717) is 31.0 Å². The Balaban J connectivity index is 2.62. The molecule has 0 radical (unpaired) electrons. The van der Waals surface area contributed by atoms with Crippen LogP contribution >= 0.6 is 0 Å². The van der Waals surface area contributed by atoms with Gasteiger partial charge in [-0.1, -0.05) is 13.8 Å². The molecule has 4 nitrogen and oxygen atoms in total. The molecule has 0 spiro atoms. The van der Waals surface area contributed by atoms with Crippen molar-refractivity contribution in [2.75, 3.05) is 19.7 Å². The number of nitrogens with one attached hydrogen (secondary N) is 1. The molecule has 1 amide bonds. The molecule has 3 N–H and O–H groups in total. The number of nitrogens with two attached hydrogens (primary N) is 1. The third kappa shape index (κ3) is 5.13. The number of ether oxygens (including phenoxy) is 1. The van der Waals surface area contributed by atoms with Crippen LogP contribution < -0.4 is 15.8 Å². The van der Waals surface area contributed by atoms with E-state index in [1.807, 2.05) is 13.8 Å². The summed E-state index contributed by atoms with van der Waals surface area (Å²) in [5.74, 6) is -2.31. The van der Waals surface area contributed by atoms with Crippen LogP contribution in [0.25, 0.3) is 0 Å². The Bertz CT molecular complexity index is 441. The van der Waals surface area contributed by atoms with Gasteiger partial charge in [0.05, 0.1) is 0 Å². The normalized spacial score (nSPS) is 10.7. The Morgan fingerprint density at radius 3 is 2.45 bits per heavy atom. The van der Waals surface area contributed by atoms with Crippen molar-refractivity contribution < 1.29 is 18.3 Å². The summed E-state index contributed by atoms with van der Waals surface area (Å²) in [6.45, 7) is 4.25. The lowest BCUT2D eigenvalue weighted by Crippen LogP contribution is -2.32. The summed E-state index contributed by atoms with van der Waals surface area (Å²) < 4.78 is 32.2. The van der Waals surface area contributed by atoms with Gasteiger partial charge in [-0.05, 0) is 36.6 Å². The lowest BCUT2D eigenvalue weighted by Gasteiger charge is -2.11. The highest BCUT2D eigenvalue weighted by Gasteiger charge is 2.14. The second-order valence-corrected chi connectivity index (χ2v) is 4.91. The molecular weight excluding hydrogens is 266 g/mol. The lowest BCUT2D eigenvalue weighted by atomic mass is 10.1. The standard InChI is InChI=1S/C14H20F2N2O2/c1-9(2)7-18-13(19)8-20-14-11(15)5-10(3-4-17)6-12(14)16/h5-6,9H,3-4,7-8,17H2,1-2H3,(H,18,19). The quantitative estimate of drug-likeness (QED) is 0.800. The monoisotopic (exact) mass is 286 g/mol. The van der Waals surface area contributed by atoms with Gasteiger partial charge >= 0.3 is 0 Å². The molecule has 1 aromatic carbocycles. The number of hydrogen-bond acceptors (Lipinski definition) is 3. The molecule has 0 heterocycles. The molecule has 1 rings (SSSR count). The molecule has 6 heteroatoms. The van der Waals surface area contributed by atoms with Gasteiger partial charge in [-0.25, -0.2) is 8.78 Å². The predicted molar refractivity (Wildman–Crippen MR) is 72.5 cm³/mol. The van der Waals surface area contributed by atoms with Gasteiger partial charge in [0, 0.05) is 6.54 Å². The summed E-state index contributed by atoms with van der Waals surface area (Å²) in [7, 11) is 0. The largest absolute Gasteiger partial charge is 0.478 e. The van der Waals surface area contributed by atoms with Gasteiger partial charge in [0.15, 0.2) is 24.0 Å². The van der Waals surface area contributed by atoms with Crippen LogP contribution in [-0.2, 0) is 11.2 Å². The Kier molecular flexibility index (Phi) is 6.38. The Hall–Kier alpha value is -1.69. The van der Waals surface area contributed by atoms with Gasteiger partial charge in [0.2, 0.25) is 0 Å². The maximum absolute atomic E-state index is 13.7. The zero-order valence-corrected chi connectivity index (χ0v) is 11.7. The highest BCUT2D eigenvalue weighted by Crippen LogP contribution is 2.23. The molecular formula is C14H20F2N2O2. The third-order valence-corrected chi connectivity index (χ3v) is 2.55. The van der Waals surface area contributed by atoms with Crippen molar-refractivity contribution >= 4 is 5.91 Å². The molecule has 0 aliphatic carbocycles. The van der Waals surface area contributed by atoms with Gasteiger partial charge in [-0.2, -0.15) is 0 Å². The maximum atomic E-state index is 13.7. The Morgan fingerprint density at radius 2 is 1.95 bits per heavy atom. The van der Waals surface area contributed by atoms with E-state index in [0.717, 1.165) is 12.1 Å². The van der Waals surface area contributed by atoms with Crippen LogP contribution in [0.2, 0.25) is 0 Å². The molecule has 0 fully saturated rings. The maximum Gasteiger partial charge on any atom is 0.257 e. The predicted octanol–water partition coefficient (Wildman–Crippen LogP) is 1.62. The first-order valence-electron chi connectivity index (χ1n) is 6.51. The van der Waals surface area contributed by atoms with Crippen molar-refractivity contribution in [3.63, 3.8) is 0 Å². The van der Waals surface area contributed by atoms with Crippen molar-refractivity contribution in [2.24, 2.45) is 11.7 Å². The van der Waals surface area contributed by atoms with Crippen LogP contribution in [-0.4, -0.2) is 25.6 Å². The highest BCUT2D eigenvalue weighted by molar-refractivity contribution is 5.77. The van der Waals surface area contributed by atoms with Crippen molar-refractivity contribution in [2.45, 2.75) is 20.3 Å². The van der Waals surface area contributed by atoms with Crippen LogP contribution in [0.1, 0.15) is 19.4 Å². The fraction of sp³-hybridized carbons (Fsp3) is 0.500. The van der Waals surface area contributed by atoms with E-state index in [2.05, 4.69) is 5.32 Å². The number of carbonyl (C=O) groups is 1. The average Bonchev–Trinajstić information content (AvgIpc) is 2.35. The number of carbonyl (C=O) groups excluding carboxylic acids is 1. The zero-order valence-electron chi connectivity index (χ0n) is 11.7. The van der Waals surface area contributed by atoms with Crippen LogP contribution in [0, 0.1) is 17.6 Å². The van der Waals surface area contributed by atoms with Gasteiger partial charge in [0.25, 0.3) is 5.91 Å². The van der Waals surface area contributed by atoms with Crippen molar-refractivity contribution in [3.8, 4) is 5.75 Å². The topological polar surface area (TPSA) is 64.3 Å². The average molecular weight is 286 g/mol. The highest BCUT2D eigenvalue weighted by atomic mass is 19.1. The minimum atomic E-state index is -0.829. The fourth-order valence-electron chi connectivity index (χ4n) is 1.57. The van der Waals surface area contributed by atoms with Gasteiger partial charge in [-0.15, -0.1) is 0 Å². The minimum Gasteiger partial charge on any atom is -0.478 e. The second-order valence-electron chi connectivity index (χ2n) is 4.91. The first kappa shape index (κ1) is 16.4. The molecule has 0 bridgehead atoms.